The number of aromatic nitrogens is 4. The lowest BCUT2D eigenvalue weighted by Crippen LogP contribution is -2.12. The summed E-state index contributed by atoms with van der Waals surface area (Å²) in [5.74, 6) is 0.366. The van der Waals surface area contributed by atoms with Crippen LogP contribution >= 0.6 is 23.6 Å². The van der Waals surface area contributed by atoms with Crippen molar-refractivity contribution in [1.29, 1.82) is 0 Å². The van der Waals surface area contributed by atoms with E-state index in [1.807, 2.05) is 5.38 Å². The monoisotopic (exact) mass is 211 g/mol. The Kier molecular flexibility index (Phi) is 2.03. The van der Waals surface area contributed by atoms with E-state index in [9.17, 15) is 0 Å². The largest absolute Gasteiger partial charge is 0.387 e. The Morgan fingerprint density at radius 2 is 2.38 bits per heavy atom. The van der Waals surface area contributed by atoms with Crippen LogP contribution in [0.1, 0.15) is 5.82 Å². The van der Waals surface area contributed by atoms with Gasteiger partial charge in [-0.3, -0.25) is 0 Å². The summed E-state index contributed by atoms with van der Waals surface area (Å²) < 4.78 is 1.54. The quantitative estimate of drug-likeness (QED) is 0.726. The summed E-state index contributed by atoms with van der Waals surface area (Å²) in [4.78, 5) is 8.17. The minimum atomic E-state index is 0.190. The standard InChI is InChI=1S/C6H5N5S2/c7-4(12)5-9-3-11(10-5)6-8-1-2-13-6/h1-3H,(H2,7,12). The highest BCUT2D eigenvalue weighted by molar-refractivity contribution is 7.80. The van der Waals surface area contributed by atoms with Gasteiger partial charge in [-0.1, -0.05) is 12.2 Å². The molecule has 2 rings (SSSR count). The van der Waals surface area contributed by atoms with Crippen LogP contribution in [0.15, 0.2) is 17.9 Å². The van der Waals surface area contributed by atoms with Gasteiger partial charge in [-0.05, 0) is 0 Å². The van der Waals surface area contributed by atoms with E-state index < -0.39 is 0 Å². The lowest BCUT2D eigenvalue weighted by molar-refractivity contribution is 0.864. The molecule has 0 spiro atoms. The number of hydrogen-bond donors (Lipinski definition) is 1. The zero-order valence-electron chi connectivity index (χ0n) is 6.41. The van der Waals surface area contributed by atoms with E-state index in [4.69, 9.17) is 18.0 Å². The molecular formula is C6H5N5S2. The van der Waals surface area contributed by atoms with Gasteiger partial charge in [-0.25, -0.2) is 9.97 Å². The first-order valence-corrected chi connectivity index (χ1v) is 4.67. The zero-order chi connectivity index (χ0) is 9.26. The summed E-state index contributed by atoms with van der Waals surface area (Å²) in [7, 11) is 0. The molecule has 5 nitrogen and oxygen atoms in total. The van der Waals surface area contributed by atoms with Gasteiger partial charge >= 0.3 is 0 Å². The Morgan fingerprint density at radius 1 is 1.54 bits per heavy atom. The predicted octanol–water partition coefficient (Wildman–Crippen LogP) is 0.358. The molecule has 0 radical (unpaired) electrons. The molecule has 0 aliphatic rings. The highest BCUT2D eigenvalue weighted by atomic mass is 32.1. The number of nitrogens with two attached hydrogens (primary N) is 1. The topological polar surface area (TPSA) is 69.6 Å². The number of rotatable bonds is 2. The molecule has 2 heterocycles. The zero-order valence-corrected chi connectivity index (χ0v) is 8.05. The van der Waals surface area contributed by atoms with Crippen LogP contribution in [0.3, 0.4) is 0 Å². The fourth-order valence-electron chi connectivity index (χ4n) is 0.797. The first kappa shape index (κ1) is 8.27. The molecule has 0 saturated heterocycles. The molecule has 0 amide bonds. The van der Waals surface area contributed by atoms with Crippen molar-refractivity contribution < 1.29 is 0 Å². The van der Waals surface area contributed by atoms with Gasteiger partial charge in [0.1, 0.15) is 11.3 Å². The average Bonchev–Trinajstić information content (AvgIpc) is 2.75. The predicted molar refractivity (Wildman–Crippen MR) is 52.9 cm³/mol. The average molecular weight is 211 g/mol. The van der Waals surface area contributed by atoms with Gasteiger partial charge in [-0.2, -0.15) is 4.68 Å². The highest BCUT2D eigenvalue weighted by Gasteiger charge is 2.05. The molecule has 0 saturated carbocycles. The molecule has 2 aromatic rings. The van der Waals surface area contributed by atoms with Crippen LogP contribution in [0.2, 0.25) is 0 Å². The van der Waals surface area contributed by atoms with E-state index in [2.05, 4.69) is 15.1 Å². The third-order valence-electron chi connectivity index (χ3n) is 1.33. The molecule has 2 aromatic heterocycles. The minimum Gasteiger partial charge on any atom is -0.387 e. The van der Waals surface area contributed by atoms with Gasteiger partial charge in [0.2, 0.25) is 11.0 Å². The third-order valence-corrected chi connectivity index (χ3v) is 2.27. The molecule has 0 aliphatic carbocycles. The molecule has 0 bridgehead atoms. The highest BCUT2D eigenvalue weighted by Crippen LogP contribution is 2.08. The van der Waals surface area contributed by atoms with Gasteiger partial charge in [-0.15, -0.1) is 16.4 Å². The Bertz CT molecular complexity index is 418. The van der Waals surface area contributed by atoms with Crippen molar-refractivity contribution in [3.8, 4) is 5.13 Å². The van der Waals surface area contributed by atoms with Crippen molar-refractivity contribution in [2.45, 2.75) is 0 Å². The molecule has 0 atom stereocenters. The molecular weight excluding hydrogens is 206 g/mol. The smallest absolute Gasteiger partial charge is 0.211 e. The summed E-state index contributed by atoms with van der Waals surface area (Å²) in [6.45, 7) is 0. The Balaban J connectivity index is 2.39. The molecule has 0 unspecified atom stereocenters. The molecule has 0 aromatic carbocycles. The minimum absolute atomic E-state index is 0.190. The summed E-state index contributed by atoms with van der Waals surface area (Å²) in [6, 6.07) is 0. The van der Waals surface area contributed by atoms with Crippen LogP contribution in [0.5, 0.6) is 0 Å². The normalized spacial score (nSPS) is 10.2. The van der Waals surface area contributed by atoms with E-state index in [1.54, 1.807) is 10.9 Å². The van der Waals surface area contributed by atoms with Crippen LogP contribution in [0, 0.1) is 0 Å². The van der Waals surface area contributed by atoms with Crippen molar-refractivity contribution in [3.05, 3.63) is 23.7 Å². The lowest BCUT2D eigenvalue weighted by atomic mass is 10.6. The van der Waals surface area contributed by atoms with Crippen molar-refractivity contribution in [1.82, 2.24) is 19.7 Å². The molecule has 2 N–H and O–H groups in total. The van der Waals surface area contributed by atoms with Crippen molar-refractivity contribution in [2.75, 3.05) is 0 Å². The molecule has 13 heavy (non-hydrogen) atoms. The Hall–Kier alpha value is -1.34. The third kappa shape index (κ3) is 1.56. The van der Waals surface area contributed by atoms with Crippen LogP contribution in [-0.2, 0) is 0 Å². The maximum atomic E-state index is 5.36. The van der Waals surface area contributed by atoms with E-state index >= 15 is 0 Å². The molecule has 0 fully saturated rings. The van der Waals surface area contributed by atoms with E-state index in [0.29, 0.717) is 5.82 Å². The van der Waals surface area contributed by atoms with Crippen molar-refractivity contribution >= 4 is 28.5 Å². The van der Waals surface area contributed by atoms with Crippen LogP contribution in [-0.4, -0.2) is 24.7 Å². The maximum Gasteiger partial charge on any atom is 0.211 e. The second kappa shape index (κ2) is 3.19. The number of thiazole rings is 1. The van der Waals surface area contributed by atoms with Crippen LogP contribution in [0.25, 0.3) is 5.13 Å². The maximum absolute atomic E-state index is 5.36. The Labute approximate surface area is 83.2 Å². The van der Waals surface area contributed by atoms with Gasteiger partial charge < -0.3 is 5.73 Å². The van der Waals surface area contributed by atoms with Gasteiger partial charge in [0.25, 0.3) is 0 Å². The van der Waals surface area contributed by atoms with E-state index in [-0.39, 0.29) is 4.99 Å². The first-order chi connectivity index (χ1) is 6.27. The van der Waals surface area contributed by atoms with E-state index in [1.165, 1.54) is 17.7 Å². The van der Waals surface area contributed by atoms with Crippen molar-refractivity contribution in [2.24, 2.45) is 5.73 Å². The second-order valence-electron chi connectivity index (χ2n) is 2.19. The van der Waals surface area contributed by atoms with Crippen LogP contribution < -0.4 is 5.73 Å². The summed E-state index contributed by atoms with van der Waals surface area (Å²) >= 11 is 6.19. The molecule has 0 aliphatic heterocycles. The molecule has 66 valence electrons. The van der Waals surface area contributed by atoms with Gasteiger partial charge in [0.05, 0.1) is 0 Å². The molecule has 7 heteroatoms. The summed E-state index contributed by atoms with van der Waals surface area (Å²) in [6.07, 6.45) is 3.23. The van der Waals surface area contributed by atoms with Crippen molar-refractivity contribution in [3.63, 3.8) is 0 Å². The Morgan fingerprint density at radius 3 is 2.92 bits per heavy atom. The SMILES string of the molecule is NC(=S)c1ncn(-c2nccs2)n1. The fraction of sp³-hybridized carbons (Fsp3) is 0. The lowest BCUT2D eigenvalue weighted by Gasteiger charge is -1.90. The number of hydrogen-bond acceptors (Lipinski definition) is 5. The van der Waals surface area contributed by atoms with Gasteiger partial charge in [0, 0.05) is 11.6 Å². The summed E-state index contributed by atoms with van der Waals surface area (Å²) in [5, 5.41) is 6.64. The number of nitrogens with zero attached hydrogens (tertiary/aromatic N) is 4. The number of thiocarbonyl (C=S) groups is 1. The summed E-state index contributed by atoms with van der Waals surface area (Å²) in [5.41, 5.74) is 5.36. The fourth-order valence-corrected chi connectivity index (χ4v) is 1.45. The first-order valence-electron chi connectivity index (χ1n) is 3.38. The van der Waals surface area contributed by atoms with Gasteiger partial charge in [0.15, 0.2) is 0 Å². The van der Waals surface area contributed by atoms with Crippen LogP contribution in [0.4, 0.5) is 0 Å². The second-order valence-corrected chi connectivity index (χ2v) is 3.50. The van der Waals surface area contributed by atoms with E-state index in [0.717, 1.165) is 5.13 Å².